The molecule has 2 aromatic rings. The first-order valence-corrected chi connectivity index (χ1v) is 7.96. The van der Waals surface area contributed by atoms with Gasteiger partial charge in [-0.15, -0.1) is 0 Å². The number of benzene rings is 2. The van der Waals surface area contributed by atoms with E-state index in [2.05, 4.69) is 17.4 Å². The van der Waals surface area contributed by atoms with Gasteiger partial charge in [-0.2, -0.15) is 11.8 Å². The van der Waals surface area contributed by atoms with Gasteiger partial charge in [-0.3, -0.25) is 14.9 Å². The van der Waals surface area contributed by atoms with Crippen molar-refractivity contribution in [2.45, 2.75) is 12.2 Å². The zero-order valence-electron chi connectivity index (χ0n) is 11.9. The van der Waals surface area contributed by atoms with E-state index in [1.54, 1.807) is 11.8 Å². The van der Waals surface area contributed by atoms with E-state index >= 15 is 0 Å². The average molecular weight is 316 g/mol. The Morgan fingerprint density at radius 1 is 1.09 bits per heavy atom. The largest absolute Gasteiger partial charge is 0.326 e. The first-order chi connectivity index (χ1) is 10.6. The zero-order valence-corrected chi connectivity index (χ0v) is 12.7. The van der Waals surface area contributed by atoms with Crippen molar-refractivity contribution in [2.24, 2.45) is 0 Å². The first-order valence-electron chi connectivity index (χ1n) is 6.81. The highest BCUT2D eigenvalue weighted by Crippen LogP contribution is 2.16. The summed E-state index contributed by atoms with van der Waals surface area (Å²) >= 11 is 1.70. The minimum Gasteiger partial charge on any atom is -0.326 e. The van der Waals surface area contributed by atoms with Crippen molar-refractivity contribution in [2.75, 3.05) is 11.1 Å². The number of non-ortho nitro benzene ring substituents is 1. The van der Waals surface area contributed by atoms with Crippen molar-refractivity contribution in [3.05, 3.63) is 70.3 Å². The number of amides is 1. The molecule has 0 atom stereocenters. The van der Waals surface area contributed by atoms with E-state index in [1.165, 1.54) is 29.8 Å². The Kier molecular flexibility index (Phi) is 5.97. The number of nitro groups is 1. The lowest BCUT2D eigenvalue weighted by Gasteiger charge is -2.05. The smallest absolute Gasteiger partial charge is 0.269 e. The fourth-order valence-corrected chi connectivity index (χ4v) is 2.72. The average Bonchev–Trinajstić information content (AvgIpc) is 2.53. The van der Waals surface area contributed by atoms with E-state index in [1.807, 2.05) is 18.2 Å². The number of nitro benzene ring substituents is 1. The van der Waals surface area contributed by atoms with E-state index in [0.29, 0.717) is 12.1 Å². The molecule has 0 unspecified atom stereocenters. The molecular formula is C16H16N2O3S. The first kappa shape index (κ1) is 16.0. The second-order valence-corrected chi connectivity index (χ2v) is 5.75. The SMILES string of the molecule is O=C(CCSCc1ccccc1)Nc1ccc([N+](=O)[O-])cc1. The van der Waals surface area contributed by atoms with E-state index in [4.69, 9.17) is 0 Å². The number of anilines is 1. The predicted octanol–water partition coefficient (Wildman–Crippen LogP) is 3.86. The van der Waals surface area contributed by atoms with Crippen LogP contribution in [0.2, 0.25) is 0 Å². The van der Waals surface area contributed by atoms with E-state index < -0.39 is 4.92 Å². The third-order valence-corrected chi connectivity index (χ3v) is 3.98. The van der Waals surface area contributed by atoms with E-state index in [-0.39, 0.29) is 11.6 Å². The molecule has 5 nitrogen and oxygen atoms in total. The van der Waals surface area contributed by atoms with Crippen LogP contribution < -0.4 is 5.32 Å². The van der Waals surface area contributed by atoms with Crippen LogP contribution in [0.25, 0.3) is 0 Å². The van der Waals surface area contributed by atoms with Crippen molar-refractivity contribution in [3.8, 4) is 0 Å². The molecule has 0 aliphatic rings. The fraction of sp³-hybridized carbons (Fsp3) is 0.188. The summed E-state index contributed by atoms with van der Waals surface area (Å²) in [5, 5.41) is 13.3. The van der Waals surface area contributed by atoms with Crippen LogP contribution in [0.4, 0.5) is 11.4 Å². The Balaban J connectivity index is 1.70. The second kappa shape index (κ2) is 8.19. The van der Waals surface area contributed by atoms with Gasteiger partial charge in [0.15, 0.2) is 0 Å². The topological polar surface area (TPSA) is 72.2 Å². The highest BCUT2D eigenvalue weighted by atomic mass is 32.2. The number of rotatable bonds is 7. The molecule has 1 N–H and O–H groups in total. The molecule has 0 aliphatic heterocycles. The minimum atomic E-state index is -0.466. The van der Waals surface area contributed by atoms with Crippen molar-refractivity contribution in [1.82, 2.24) is 0 Å². The summed E-state index contributed by atoms with van der Waals surface area (Å²) in [7, 11) is 0. The van der Waals surface area contributed by atoms with Crippen molar-refractivity contribution < 1.29 is 9.72 Å². The molecule has 2 aromatic carbocycles. The molecular weight excluding hydrogens is 300 g/mol. The molecule has 0 aliphatic carbocycles. The highest BCUT2D eigenvalue weighted by molar-refractivity contribution is 7.98. The van der Waals surface area contributed by atoms with Crippen LogP contribution in [0.3, 0.4) is 0 Å². The Bertz CT molecular complexity index is 630. The van der Waals surface area contributed by atoms with Crippen LogP contribution in [0.15, 0.2) is 54.6 Å². The summed E-state index contributed by atoms with van der Waals surface area (Å²) in [6.45, 7) is 0. The minimum absolute atomic E-state index is 0.0106. The molecule has 2 rings (SSSR count). The van der Waals surface area contributed by atoms with Crippen molar-refractivity contribution in [3.63, 3.8) is 0 Å². The Morgan fingerprint density at radius 3 is 2.41 bits per heavy atom. The van der Waals surface area contributed by atoms with Gasteiger partial charge in [0, 0.05) is 35.7 Å². The van der Waals surface area contributed by atoms with E-state index in [0.717, 1.165) is 11.5 Å². The predicted molar refractivity (Wildman–Crippen MR) is 88.9 cm³/mol. The summed E-state index contributed by atoms with van der Waals surface area (Å²) < 4.78 is 0. The molecule has 0 bridgehead atoms. The summed E-state index contributed by atoms with van der Waals surface area (Å²) in [6.07, 6.45) is 0.411. The second-order valence-electron chi connectivity index (χ2n) is 4.64. The molecule has 0 fully saturated rings. The van der Waals surface area contributed by atoms with Crippen molar-refractivity contribution >= 4 is 29.0 Å². The van der Waals surface area contributed by atoms with Gasteiger partial charge in [0.1, 0.15) is 0 Å². The number of thioether (sulfide) groups is 1. The third-order valence-electron chi connectivity index (χ3n) is 2.95. The highest BCUT2D eigenvalue weighted by Gasteiger charge is 2.06. The van der Waals surface area contributed by atoms with Crippen LogP contribution in [0.5, 0.6) is 0 Å². The maximum absolute atomic E-state index is 11.8. The fourth-order valence-electron chi connectivity index (χ4n) is 1.82. The van der Waals surface area contributed by atoms with Gasteiger partial charge in [0.05, 0.1) is 4.92 Å². The Hall–Kier alpha value is -2.34. The summed E-state index contributed by atoms with van der Waals surface area (Å²) in [6, 6.07) is 15.9. The van der Waals surface area contributed by atoms with Crippen LogP contribution >= 0.6 is 11.8 Å². The Labute approximate surface area is 132 Å². The standard InChI is InChI=1S/C16H16N2O3S/c19-16(10-11-22-12-13-4-2-1-3-5-13)17-14-6-8-15(9-7-14)18(20)21/h1-9H,10-12H2,(H,17,19). The van der Waals surface area contributed by atoms with Crippen molar-refractivity contribution in [1.29, 1.82) is 0 Å². The molecule has 1 amide bonds. The van der Waals surface area contributed by atoms with Crippen LogP contribution in [0.1, 0.15) is 12.0 Å². The quantitative estimate of drug-likeness (QED) is 0.478. The molecule has 0 spiro atoms. The number of nitrogens with one attached hydrogen (secondary N) is 1. The maximum atomic E-state index is 11.8. The summed E-state index contributed by atoms with van der Waals surface area (Å²) in [5.74, 6) is 1.52. The normalized spacial score (nSPS) is 10.2. The van der Waals surface area contributed by atoms with Gasteiger partial charge in [-0.05, 0) is 17.7 Å². The van der Waals surface area contributed by atoms with Gasteiger partial charge in [0.25, 0.3) is 5.69 Å². The number of carbonyl (C=O) groups is 1. The lowest BCUT2D eigenvalue weighted by Crippen LogP contribution is -2.12. The lowest BCUT2D eigenvalue weighted by molar-refractivity contribution is -0.384. The van der Waals surface area contributed by atoms with Crippen LogP contribution in [0, 0.1) is 10.1 Å². The molecule has 0 saturated carbocycles. The van der Waals surface area contributed by atoms with Gasteiger partial charge in [-0.1, -0.05) is 30.3 Å². The number of hydrogen-bond donors (Lipinski definition) is 1. The van der Waals surface area contributed by atoms with Gasteiger partial charge in [-0.25, -0.2) is 0 Å². The van der Waals surface area contributed by atoms with Gasteiger partial charge >= 0.3 is 0 Å². The number of hydrogen-bond acceptors (Lipinski definition) is 4. The van der Waals surface area contributed by atoms with Crippen LogP contribution in [-0.2, 0) is 10.5 Å². The van der Waals surface area contributed by atoms with Gasteiger partial charge in [0.2, 0.25) is 5.91 Å². The summed E-state index contributed by atoms with van der Waals surface area (Å²) in [4.78, 5) is 21.9. The zero-order chi connectivity index (χ0) is 15.8. The monoisotopic (exact) mass is 316 g/mol. The molecule has 0 radical (unpaired) electrons. The maximum Gasteiger partial charge on any atom is 0.269 e. The van der Waals surface area contributed by atoms with E-state index in [9.17, 15) is 14.9 Å². The molecule has 0 heterocycles. The molecule has 114 valence electrons. The third kappa shape index (κ3) is 5.21. The number of nitrogens with zero attached hydrogens (tertiary/aromatic N) is 1. The van der Waals surface area contributed by atoms with Gasteiger partial charge < -0.3 is 5.32 Å². The Morgan fingerprint density at radius 2 is 1.77 bits per heavy atom. The number of carbonyl (C=O) groups excluding carboxylic acids is 1. The lowest BCUT2D eigenvalue weighted by atomic mass is 10.2. The summed E-state index contributed by atoms with van der Waals surface area (Å²) in [5.41, 5.74) is 1.82. The molecule has 6 heteroatoms. The molecule has 0 aromatic heterocycles. The molecule has 22 heavy (non-hydrogen) atoms. The van der Waals surface area contributed by atoms with Crippen LogP contribution in [-0.4, -0.2) is 16.6 Å². The molecule has 0 saturated heterocycles.